The van der Waals surface area contributed by atoms with Crippen LogP contribution in [-0.4, -0.2) is 21.6 Å². The number of aryl methyl sites for hydroxylation is 2. The molecule has 0 bridgehead atoms. The molecule has 2 heterocycles. The van der Waals surface area contributed by atoms with Crippen molar-refractivity contribution < 1.29 is 19.1 Å². The number of aromatic carboxylic acids is 1. The van der Waals surface area contributed by atoms with Gasteiger partial charge in [0.2, 0.25) is 0 Å². The highest BCUT2D eigenvalue weighted by atomic mass is 79.9. The third kappa shape index (κ3) is 3.36. The molecule has 0 aliphatic heterocycles. The molecule has 112 valence electrons. The lowest BCUT2D eigenvalue weighted by Crippen LogP contribution is -2.25. The molecule has 0 spiro atoms. The number of rotatable bonds is 5. The molecule has 2 aromatic rings. The van der Waals surface area contributed by atoms with Crippen molar-refractivity contribution in [3.8, 4) is 0 Å². The highest BCUT2D eigenvalue weighted by molar-refractivity contribution is 9.10. The number of furan rings is 1. The highest BCUT2D eigenvalue weighted by Gasteiger charge is 2.16. The molecule has 2 aromatic heterocycles. The van der Waals surface area contributed by atoms with Crippen LogP contribution < -0.4 is 5.32 Å². The van der Waals surface area contributed by atoms with Gasteiger partial charge in [0, 0.05) is 17.2 Å². The van der Waals surface area contributed by atoms with Crippen LogP contribution in [0.2, 0.25) is 0 Å². The summed E-state index contributed by atoms with van der Waals surface area (Å²) >= 11 is 3.33. The molecule has 0 saturated carbocycles. The molecule has 0 aliphatic carbocycles. The molecular formula is C14H15BrN2O4. The third-order valence-electron chi connectivity index (χ3n) is 3.06. The lowest BCUT2D eigenvalue weighted by Gasteiger charge is -2.06. The van der Waals surface area contributed by atoms with Crippen LogP contribution in [0.3, 0.4) is 0 Å². The van der Waals surface area contributed by atoms with Gasteiger partial charge in [-0.1, -0.05) is 0 Å². The number of aromatic nitrogens is 1. The third-order valence-corrected chi connectivity index (χ3v) is 3.49. The van der Waals surface area contributed by atoms with Crippen LogP contribution in [0.5, 0.6) is 0 Å². The average Bonchev–Trinajstić information content (AvgIpc) is 2.99. The molecule has 7 heteroatoms. The van der Waals surface area contributed by atoms with Crippen molar-refractivity contribution in [1.82, 2.24) is 9.88 Å². The van der Waals surface area contributed by atoms with Gasteiger partial charge in [-0.3, -0.25) is 4.79 Å². The maximum absolute atomic E-state index is 12.1. The second-order valence-corrected chi connectivity index (χ2v) is 5.42. The zero-order valence-electron chi connectivity index (χ0n) is 11.6. The van der Waals surface area contributed by atoms with E-state index in [-0.39, 0.29) is 18.0 Å². The smallest absolute Gasteiger partial charge is 0.339 e. The monoisotopic (exact) mass is 354 g/mol. The summed E-state index contributed by atoms with van der Waals surface area (Å²) in [5, 5.41) is 11.7. The molecule has 6 nitrogen and oxygen atoms in total. The van der Waals surface area contributed by atoms with E-state index >= 15 is 0 Å². The molecule has 21 heavy (non-hydrogen) atoms. The average molecular weight is 355 g/mol. The molecule has 2 N–H and O–H groups in total. The van der Waals surface area contributed by atoms with E-state index < -0.39 is 5.97 Å². The Labute approximate surface area is 129 Å². The number of carboxylic acids is 1. The standard InChI is InChI=1S/C14H15BrN2O4/c1-3-17-7-9(15)4-12(17)13(18)16-6-10-5-11(14(19)20)8(2)21-10/h4-5,7H,3,6H2,1-2H3,(H,16,18)(H,19,20). The predicted molar refractivity (Wildman–Crippen MR) is 79.4 cm³/mol. The van der Waals surface area contributed by atoms with Gasteiger partial charge in [-0.05, 0) is 41.9 Å². The molecule has 0 aliphatic rings. The summed E-state index contributed by atoms with van der Waals surface area (Å²) in [6.45, 7) is 4.34. The van der Waals surface area contributed by atoms with Gasteiger partial charge in [-0.15, -0.1) is 0 Å². The van der Waals surface area contributed by atoms with E-state index in [0.29, 0.717) is 23.8 Å². The Morgan fingerprint density at radius 2 is 2.14 bits per heavy atom. The summed E-state index contributed by atoms with van der Waals surface area (Å²) in [6, 6.07) is 3.15. The molecule has 0 radical (unpaired) electrons. The summed E-state index contributed by atoms with van der Waals surface area (Å²) in [7, 11) is 0. The first-order chi connectivity index (χ1) is 9.92. The van der Waals surface area contributed by atoms with Gasteiger partial charge in [-0.2, -0.15) is 0 Å². The Bertz CT molecular complexity index is 687. The zero-order valence-corrected chi connectivity index (χ0v) is 13.2. The highest BCUT2D eigenvalue weighted by Crippen LogP contribution is 2.16. The van der Waals surface area contributed by atoms with Crippen LogP contribution in [0.25, 0.3) is 0 Å². The minimum absolute atomic E-state index is 0.110. The topological polar surface area (TPSA) is 84.5 Å². The van der Waals surface area contributed by atoms with Crippen LogP contribution in [-0.2, 0) is 13.1 Å². The molecule has 0 aromatic carbocycles. The Kier molecular flexibility index (Phi) is 4.52. The van der Waals surface area contributed by atoms with E-state index in [0.717, 1.165) is 4.47 Å². The van der Waals surface area contributed by atoms with Crippen molar-refractivity contribution in [2.45, 2.75) is 26.9 Å². The summed E-state index contributed by atoms with van der Waals surface area (Å²) in [4.78, 5) is 23.1. The lowest BCUT2D eigenvalue weighted by atomic mass is 10.2. The van der Waals surface area contributed by atoms with E-state index in [1.54, 1.807) is 13.0 Å². The van der Waals surface area contributed by atoms with Crippen molar-refractivity contribution in [1.29, 1.82) is 0 Å². The lowest BCUT2D eigenvalue weighted by molar-refractivity contribution is 0.0694. The minimum atomic E-state index is -1.04. The fourth-order valence-electron chi connectivity index (χ4n) is 2.03. The molecule has 0 atom stereocenters. The predicted octanol–water partition coefficient (Wildman–Crippen LogP) is 2.80. The number of carbonyl (C=O) groups excluding carboxylic acids is 1. The van der Waals surface area contributed by atoms with Gasteiger partial charge >= 0.3 is 5.97 Å². The van der Waals surface area contributed by atoms with Crippen LogP contribution >= 0.6 is 15.9 Å². The maximum Gasteiger partial charge on any atom is 0.339 e. The number of hydrogen-bond acceptors (Lipinski definition) is 3. The van der Waals surface area contributed by atoms with Crippen LogP contribution in [0.1, 0.15) is 39.3 Å². The molecule has 0 saturated heterocycles. The van der Waals surface area contributed by atoms with Gasteiger partial charge in [0.1, 0.15) is 22.8 Å². The largest absolute Gasteiger partial charge is 0.478 e. The fraction of sp³-hybridized carbons (Fsp3) is 0.286. The van der Waals surface area contributed by atoms with E-state index in [9.17, 15) is 9.59 Å². The summed E-state index contributed by atoms with van der Waals surface area (Å²) in [5.41, 5.74) is 0.644. The van der Waals surface area contributed by atoms with Gasteiger partial charge in [0.05, 0.1) is 6.54 Å². The number of nitrogens with zero attached hydrogens (tertiary/aromatic N) is 1. The fourth-order valence-corrected chi connectivity index (χ4v) is 2.49. The Morgan fingerprint density at radius 3 is 2.71 bits per heavy atom. The van der Waals surface area contributed by atoms with Gasteiger partial charge in [-0.25, -0.2) is 4.79 Å². The van der Waals surface area contributed by atoms with Crippen molar-refractivity contribution in [3.05, 3.63) is 45.6 Å². The SMILES string of the molecule is CCn1cc(Br)cc1C(=O)NCc1cc(C(=O)O)c(C)o1. The molecule has 1 amide bonds. The van der Waals surface area contributed by atoms with Gasteiger partial charge in [0.25, 0.3) is 5.91 Å². The summed E-state index contributed by atoms with van der Waals surface area (Å²) in [6.07, 6.45) is 1.83. The minimum Gasteiger partial charge on any atom is -0.478 e. The Hall–Kier alpha value is -2.02. The van der Waals surface area contributed by atoms with Crippen molar-refractivity contribution in [3.63, 3.8) is 0 Å². The van der Waals surface area contributed by atoms with Crippen LogP contribution in [0.15, 0.2) is 27.2 Å². The molecule has 0 fully saturated rings. The molecule has 0 unspecified atom stereocenters. The normalized spacial score (nSPS) is 10.6. The first-order valence-corrected chi connectivity index (χ1v) is 7.18. The van der Waals surface area contributed by atoms with Crippen molar-refractivity contribution >= 4 is 27.8 Å². The van der Waals surface area contributed by atoms with Crippen molar-refractivity contribution in [2.75, 3.05) is 0 Å². The number of nitrogens with one attached hydrogen (secondary N) is 1. The van der Waals surface area contributed by atoms with E-state index in [1.807, 2.05) is 17.7 Å². The quantitative estimate of drug-likeness (QED) is 0.864. The molecular weight excluding hydrogens is 340 g/mol. The Morgan fingerprint density at radius 1 is 1.43 bits per heavy atom. The number of amides is 1. The van der Waals surface area contributed by atoms with Crippen molar-refractivity contribution in [2.24, 2.45) is 0 Å². The molecule has 2 rings (SSSR count). The number of carboxylic acid groups (broad SMARTS) is 1. The van der Waals surface area contributed by atoms with Crippen LogP contribution in [0, 0.1) is 6.92 Å². The Balaban J connectivity index is 2.07. The second-order valence-electron chi connectivity index (χ2n) is 4.50. The van der Waals surface area contributed by atoms with Gasteiger partial charge < -0.3 is 19.4 Å². The zero-order chi connectivity index (χ0) is 15.6. The van der Waals surface area contributed by atoms with E-state index in [4.69, 9.17) is 9.52 Å². The summed E-state index contributed by atoms with van der Waals surface area (Å²) < 4.78 is 7.96. The van der Waals surface area contributed by atoms with Gasteiger partial charge in [0.15, 0.2) is 0 Å². The first kappa shape index (κ1) is 15.4. The van der Waals surface area contributed by atoms with Crippen LogP contribution in [0.4, 0.5) is 0 Å². The number of hydrogen-bond donors (Lipinski definition) is 2. The number of carbonyl (C=O) groups is 2. The first-order valence-electron chi connectivity index (χ1n) is 6.38. The maximum atomic E-state index is 12.1. The second kappa shape index (κ2) is 6.17. The summed E-state index contributed by atoms with van der Waals surface area (Å²) in [5.74, 6) is -0.551. The van der Waals surface area contributed by atoms with E-state index in [1.165, 1.54) is 6.07 Å². The van der Waals surface area contributed by atoms with E-state index in [2.05, 4.69) is 21.2 Å². The number of halogens is 1.